The van der Waals surface area contributed by atoms with Gasteiger partial charge in [0.05, 0.1) is 4.91 Å². The van der Waals surface area contributed by atoms with Crippen LogP contribution < -0.4 is 5.32 Å². The van der Waals surface area contributed by atoms with E-state index < -0.39 is 0 Å². The third kappa shape index (κ3) is 4.34. The highest BCUT2D eigenvalue weighted by atomic mass is 32.2. The summed E-state index contributed by atoms with van der Waals surface area (Å²) in [5, 5.41) is 3.61. The Kier molecular flexibility index (Phi) is 6.19. The number of carbonyl (C=O) groups is 3. The van der Waals surface area contributed by atoms with E-state index in [1.165, 1.54) is 4.90 Å². The van der Waals surface area contributed by atoms with Crippen LogP contribution >= 0.6 is 11.8 Å². The van der Waals surface area contributed by atoms with Crippen LogP contribution in [-0.2, 0) is 16.1 Å². The van der Waals surface area contributed by atoms with E-state index in [-0.39, 0.29) is 29.6 Å². The number of imide groups is 1. The molecule has 0 spiro atoms. The number of fused-ring (bicyclic) bond motifs is 1. The summed E-state index contributed by atoms with van der Waals surface area (Å²) >= 11 is 0.965. The van der Waals surface area contributed by atoms with Crippen LogP contribution in [0.2, 0.25) is 0 Å². The molecule has 1 saturated heterocycles. The lowest BCUT2D eigenvalue weighted by Gasteiger charge is -2.19. The molecule has 164 valence electrons. The lowest BCUT2D eigenvalue weighted by molar-refractivity contribution is -0.124. The number of amides is 3. The van der Waals surface area contributed by atoms with Crippen LogP contribution in [0.1, 0.15) is 31.4 Å². The maximum absolute atomic E-state index is 12.8. The van der Waals surface area contributed by atoms with Gasteiger partial charge in [0.1, 0.15) is 6.54 Å². The molecule has 4 rings (SSSR count). The molecule has 2 heterocycles. The normalized spacial score (nSPS) is 16.2. The number of aryl methyl sites for hydroxylation is 1. The van der Waals surface area contributed by atoms with E-state index in [0.717, 1.165) is 39.5 Å². The molecule has 2 aromatic carbocycles. The minimum atomic E-state index is -0.261. The van der Waals surface area contributed by atoms with E-state index in [0.29, 0.717) is 11.3 Å². The van der Waals surface area contributed by atoms with E-state index in [9.17, 15) is 14.4 Å². The van der Waals surface area contributed by atoms with Crippen LogP contribution in [0.5, 0.6) is 0 Å². The molecular weight excluding hydrogens is 422 g/mol. The molecule has 1 unspecified atom stereocenters. The van der Waals surface area contributed by atoms with Gasteiger partial charge in [-0.3, -0.25) is 19.3 Å². The Balaban J connectivity index is 1.62. The minimum absolute atomic E-state index is 0.136. The maximum atomic E-state index is 12.8. The molecule has 1 aromatic heterocycles. The highest BCUT2D eigenvalue weighted by molar-refractivity contribution is 8.18. The molecule has 1 N–H and O–H groups in total. The first kappa shape index (κ1) is 21.9. The highest BCUT2D eigenvalue weighted by Gasteiger charge is 2.37. The van der Waals surface area contributed by atoms with Gasteiger partial charge in [-0.05, 0) is 61.9 Å². The van der Waals surface area contributed by atoms with Gasteiger partial charge in [0.15, 0.2) is 0 Å². The monoisotopic (exact) mass is 447 g/mol. The van der Waals surface area contributed by atoms with Crippen molar-refractivity contribution in [3.8, 4) is 0 Å². The quantitative estimate of drug-likeness (QED) is 0.512. The Morgan fingerprint density at radius 2 is 1.94 bits per heavy atom. The number of benzene rings is 2. The Hall–Kier alpha value is -3.32. The number of nitrogens with zero attached hydrogens (tertiary/aromatic N) is 2. The van der Waals surface area contributed by atoms with E-state index in [2.05, 4.69) is 5.32 Å². The molecule has 0 radical (unpaired) electrons. The Morgan fingerprint density at radius 3 is 2.69 bits per heavy atom. The van der Waals surface area contributed by atoms with Gasteiger partial charge in [0.2, 0.25) is 5.91 Å². The van der Waals surface area contributed by atoms with Gasteiger partial charge in [-0.15, -0.1) is 0 Å². The summed E-state index contributed by atoms with van der Waals surface area (Å²) in [4.78, 5) is 39.6. The van der Waals surface area contributed by atoms with Crippen molar-refractivity contribution in [2.75, 3.05) is 5.32 Å². The molecule has 1 fully saturated rings. The zero-order valence-corrected chi connectivity index (χ0v) is 19.1. The molecule has 0 aliphatic carbocycles. The molecular formula is C25H25N3O3S. The summed E-state index contributed by atoms with van der Waals surface area (Å²) in [5.41, 5.74) is 3.52. The van der Waals surface area contributed by atoms with Crippen LogP contribution in [0.25, 0.3) is 17.0 Å². The van der Waals surface area contributed by atoms with Crippen molar-refractivity contribution in [1.82, 2.24) is 9.47 Å². The van der Waals surface area contributed by atoms with Crippen molar-refractivity contribution in [3.63, 3.8) is 0 Å². The van der Waals surface area contributed by atoms with Gasteiger partial charge >= 0.3 is 0 Å². The number of nitrogens with one attached hydrogen (secondary N) is 1. The molecule has 1 aliphatic heterocycles. The molecule has 32 heavy (non-hydrogen) atoms. The molecule has 1 aliphatic rings. The Labute approximate surface area is 191 Å². The van der Waals surface area contributed by atoms with Gasteiger partial charge in [-0.1, -0.05) is 37.3 Å². The van der Waals surface area contributed by atoms with Crippen molar-refractivity contribution in [2.45, 2.75) is 39.8 Å². The second kappa shape index (κ2) is 9.04. The van der Waals surface area contributed by atoms with Crippen molar-refractivity contribution in [2.24, 2.45) is 0 Å². The van der Waals surface area contributed by atoms with E-state index >= 15 is 0 Å². The number of para-hydroxylation sites is 1. The summed E-state index contributed by atoms with van der Waals surface area (Å²) in [6.45, 7) is 5.94. The number of rotatable bonds is 6. The van der Waals surface area contributed by atoms with Crippen molar-refractivity contribution < 1.29 is 14.4 Å². The average Bonchev–Trinajstić information content (AvgIpc) is 3.24. The largest absolute Gasteiger partial charge is 0.337 e. The van der Waals surface area contributed by atoms with Gasteiger partial charge in [0.25, 0.3) is 11.1 Å². The second-order valence-corrected chi connectivity index (χ2v) is 8.95. The number of hydrogen-bond donors (Lipinski definition) is 1. The van der Waals surface area contributed by atoms with E-state index in [1.807, 2.05) is 80.1 Å². The van der Waals surface area contributed by atoms with Crippen LogP contribution in [0, 0.1) is 6.92 Å². The zero-order valence-electron chi connectivity index (χ0n) is 18.3. The van der Waals surface area contributed by atoms with Gasteiger partial charge < -0.3 is 9.88 Å². The highest BCUT2D eigenvalue weighted by Crippen LogP contribution is 2.35. The predicted molar refractivity (Wildman–Crippen MR) is 129 cm³/mol. The molecule has 3 amide bonds. The third-order valence-corrected chi connectivity index (χ3v) is 6.46. The topological polar surface area (TPSA) is 71.4 Å². The number of carbonyl (C=O) groups excluding carboxylic acids is 3. The lowest BCUT2D eigenvalue weighted by Crippen LogP contribution is -2.36. The smallest absolute Gasteiger partial charge is 0.293 e. The summed E-state index contributed by atoms with van der Waals surface area (Å²) in [7, 11) is 0. The molecule has 3 aromatic rings. The number of anilines is 1. The van der Waals surface area contributed by atoms with Gasteiger partial charge in [0, 0.05) is 34.4 Å². The average molecular weight is 448 g/mol. The SMILES string of the molecule is CCC(C)N1C(=O)S/C(=C/c2cn(CC(=O)Nc3cccc(C)c3)c3ccccc23)C1=O. The molecule has 7 heteroatoms. The second-order valence-electron chi connectivity index (χ2n) is 7.96. The molecule has 0 bridgehead atoms. The van der Waals surface area contributed by atoms with Gasteiger partial charge in [-0.2, -0.15) is 0 Å². The van der Waals surface area contributed by atoms with Crippen LogP contribution in [0.15, 0.2) is 59.6 Å². The fourth-order valence-corrected chi connectivity index (χ4v) is 4.70. The predicted octanol–water partition coefficient (Wildman–Crippen LogP) is 5.42. The molecule has 1 atom stereocenters. The Bertz CT molecular complexity index is 1240. The van der Waals surface area contributed by atoms with E-state index in [1.54, 1.807) is 6.08 Å². The van der Waals surface area contributed by atoms with Crippen molar-refractivity contribution >= 4 is 51.5 Å². The first-order valence-electron chi connectivity index (χ1n) is 10.6. The number of thioether (sulfide) groups is 1. The zero-order chi connectivity index (χ0) is 22.8. The number of hydrogen-bond acceptors (Lipinski definition) is 4. The fourth-order valence-electron chi connectivity index (χ4n) is 3.78. The standard InChI is InChI=1S/C25H25N3O3S/c1-4-17(3)28-24(30)22(32-25(28)31)13-18-14-27(21-11-6-5-10-20(18)21)15-23(29)26-19-9-7-8-16(2)12-19/h5-14,17H,4,15H2,1-3H3,(H,26,29)/b22-13+. The fraction of sp³-hybridized carbons (Fsp3) is 0.240. The van der Waals surface area contributed by atoms with Crippen molar-refractivity contribution in [1.29, 1.82) is 0 Å². The van der Waals surface area contributed by atoms with Gasteiger partial charge in [-0.25, -0.2) is 0 Å². The number of aromatic nitrogens is 1. The summed E-state index contributed by atoms with van der Waals surface area (Å²) < 4.78 is 1.87. The van der Waals surface area contributed by atoms with Crippen molar-refractivity contribution in [3.05, 3.63) is 70.8 Å². The lowest BCUT2D eigenvalue weighted by atomic mass is 10.1. The summed E-state index contributed by atoms with van der Waals surface area (Å²) in [6, 6.07) is 15.2. The third-order valence-electron chi connectivity index (χ3n) is 5.58. The summed E-state index contributed by atoms with van der Waals surface area (Å²) in [5.74, 6) is -0.400. The maximum Gasteiger partial charge on any atom is 0.293 e. The molecule has 6 nitrogen and oxygen atoms in total. The Morgan fingerprint density at radius 1 is 1.16 bits per heavy atom. The summed E-state index contributed by atoms with van der Waals surface area (Å²) in [6.07, 6.45) is 4.32. The first-order chi connectivity index (χ1) is 15.4. The molecule has 0 saturated carbocycles. The minimum Gasteiger partial charge on any atom is -0.337 e. The first-order valence-corrected chi connectivity index (χ1v) is 11.4. The van der Waals surface area contributed by atoms with E-state index in [4.69, 9.17) is 0 Å². The van der Waals surface area contributed by atoms with Crippen LogP contribution in [-0.4, -0.2) is 32.6 Å². The van der Waals surface area contributed by atoms with Crippen LogP contribution in [0.4, 0.5) is 10.5 Å². The van der Waals surface area contributed by atoms with Crippen LogP contribution in [0.3, 0.4) is 0 Å².